The molecule has 0 N–H and O–H groups in total. The Hall–Kier alpha value is -2.22. The van der Waals surface area contributed by atoms with E-state index in [1.54, 1.807) is 0 Å². The Bertz CT molecular complexity index is 1750. The fourth-order valence-corrected chi connectivity index (χ4v) is 5.47. The summed E-state index contributed by atoms with van der Waals surface area (Å²) in [5, 5.41) is 5.43. The monoisotopic (exact) mass is 726 g/mol. The average molecular weight is 729 g/mol. The first-order valence-corrected chi connectivity index (χ1v) is 23.8. The zero-order chi connectivity index (χ0) is 33.1. The Morgan fingerprint density at radius 2 is 1.24 bits per heavy atom. The summed E-state index contributed by atoms with van der Waals surface area (Å²) < 4.78 is 0. The van der Waals surface area contributed by atoms with Gasteiger partial charge in [-0.25, -0.2) is 0 Å². The molecule has 0 aromatic heterocycles. The Morgan fingerprint density at radius 1 is 0.667 bits per heavy atom. The number of aryl methyl sites for hydroxylation is 2. The van der Waals surface area contributed by atoms with E-state index in [1.807, 2.05) is 0 Å². The van der Waals surface area contributed by atoms with E-state index in [0.29, 0.717) is 5.92 Å². The quantitative estimate of drug-likeness (QED) is 0.126. The van der Waals surface area contributed by atoms with Crippen LogP contribution in [0.5, 0.6) is 0 Å². The van der Waals surface area contributed by atoms with Crippen LogP contribution in [0.4, 0.5) is 0 Å². The van der Waals surface area contributed by atoms with E-state index in [1.165, 1.54) is 66.1 Å². The summed E-state index contributed by atoms with van der Waals surface area (Å²) in [5.74, 6) is 0.573. The zero-order valence-electron chi connectivity index (χ0n) is 28.2. The molecule has 0 atom stereocenters. The normalized spacial score (nSPS) is 10.8. The summed E-state index contributed by atoms with van der Waals surface area (Å²) in [6.07, 6.45) is 0. The van der Waals surface area contributed by atoms with Gasteiger partial charge in [-0.1, -0.05) is 138 Å². The van der Waals surface area contributed by atoms with Crippen molar-refractivity contribution in [2.75, 3.05) is 0 Å². The first kappa shape index (κ1) is 37.2. The molecular weight excluding hydrogens is 683 g/mol. The van der Waals surface area contributed by atoms with Crippen LogP contribution in [0.1, 0.15) is 62.8 Å². The number of rotatable bonds is 3. The van der Waals surface area contributed by atoms with E-state index in [0.717, 1.165) is 9.52 Å². The number of fused-ring (bicyclic) bond motifs is 2. The predicted octanol–water partition coefficient (Wildman–Crippen LogP) is 13.7. The topological polar surface area (TPSA) is 0 Å². The van der Waals surface area contributed by atoms with Gasteiger partial charge >= 0.3 is 37.9 Å². The second kappa shape index (κ2) is 17.6. The molecule has 4 heteroatoms. The third-order valence-electron chi connectivity index (χ3n) is 7.70. The molecule has 0 fully saturated rings. The van der Waals surface area contributed by atoms with Crippen LogP contribution in [0.3, 0.4) is 0 Å². The van der Waals surface area contributed by atoms with Crippen LogP contribution in [0.2, 0.25) is 13.1 Å². The van der Waals surface area contributed by atoms with Crippen molar-refractivity contribution in [1.82, 2.24) is 0 Å². The van der Waals surface area contributed by atoms with Gasteiger partial charge in [-0.15, -0.1) is 63.0 Å². The van der Waals surface area contributed by atoms with Gasteiger partial charge in [0.2, 0.25) is 0 Å². The van der Waals surface area contributed by atoms with Crippen LogP contribution in [-0.4, -0.2) is 9.52 Å². The van der Waals surface area contributed by atoms with Gasteiger partial charge in [0.1, 0.15) is 0 Å². The zero-order valence-corrected chi connectivity index (χ0v) is 33.2. The fourth-order valence-electron chi connectivity index (χ4n) is 5.47. The van der Waals surface area contributed by atoms with Gasteiger partial charge < -0.3 is 0 Å². The van der Waals surface area contributed by atoms with Crippen LogP contribution >= 0.6 is 17.0 Å². The van der Waals surface area contributed by atoms with Gasteiger partial charge in [-0.05, 0) is 34.9 Å². The van der Waals surface area contributed by atoms with E-state index in [9.17, 15) is 0 Å². The second-order valence-corrected chi connectivity index (χ2v) is 17.6. The molecule has 2 radical (unpaired) electrons. The second-order valence-electron chi connectivity index (χ2n) is 12.9. The van der Waals surface area contributed by atoms with Crippen molar-refractivity contribution in [1.29, 1.82) is 0 Å². The molecule has 0 saturated carbocycles. The predicted molar refractivity (Wildman–Crippen MR) is 201 cm³/mol. The fraction of sp³-hybridized carbons (Fsp3) is 0.268. The van der Waals surface area contributed by atoms with Gasteiger partial charge in [0.15, 0.2) is 0 Å². The van der Waals surface area contributed by atoms with Crippen molar-refractivity contribution in [3.05, 3.63) is 131 Å². The number of halogens is 2. The molecule has 232 valence electrons. The maximum atomic E-state index is 4.93. The summed E-state index contributed by atoms with van der Waals surface area (Å²) in [6.45, 7) is 19.9. The van der Waals surface area contributed by atoms with E-state index in [4.69, 9.17) is 17.0 Å². The molecule has 6 rings (SSSR count). The van der Waals surface area contributed by atoms with Crippen molar-refractivity contribution in [3.8, 4) is 22.3 Å². The number of hydrogen-bond acceptors (Lipinski definition) is 0. The van der Waals surface area contributed by atoms with Crippen molar-refractivity contribution < 1.29 is 20.8 Å². The van der Waals surface area contributed by atoms with Crippen molar-refractivity contribution >= 4 is 48.1 Å². The molecule has 6 aromatic carbocycles. The van der Waals surface area contributed by atoms with Gasteiger partial charge in [0.05, 0.1) is 0 Å². The van der Waals surface area contributed by atoms with Crippen LogP contribution in [0.25, 0.3) is 43.8 Å². The third-order valence-corrected chi connectivity index (χ3v) is 7.70. The number of hydrogen-bond donors (Lipinski definition) is 0. The molecular formula is C41H46Cl2SiZr. The van der Waals surface area contributed by atoms with Crippen LogP contribution in [0.15, 0.2) is 109 Å². The number of benzene rings is 4. The molecule has 0 aliphatic rings. The third kappa shape index (κ3) is 10.4. The Morgan fingerprint density at radius 3 is 1.82 bits per heavy atom. The first-order chi connectivity index (χ1) is 21.4. The molecule has 0 spiro atoms. The molecule has 0 nitrogen and oxygen atoms in total. The summed E-state index contributed by atoms with van der Waals surface area (Å²) in [4.78, 5) is 0. The molecule has 0 unspecified atom stereocenters. The Kier molecular flexibility index (Phi) is 14.6. The Balaban J connectivity index is 0.000000214. The van der Waals surface area contributed by atoms with Gasteiger partial charge in [-0.3, -0.25) is 0 Å². The average Bonchev–Trinajstić information content (AvgIpc) is 3.61. The molecule has 0 aliphatic carbocycles. The molecule has 0 bridgehead atoms. The van der Waals surface area contributed by atoms with Gasteiger partial charge in [0, 0.05) is 9.52 Å². The summed E-state index contributed by atoms with van der Waals surface area (Å²) in [5.41, 5.74) is 11.0. The molecule has 0 heterocycles. The SMILES string of the molecule is CC(C)c1cc2c(-c3ccc(C(C)(C)C)cc3)cccc2[cH-]1.C[Si]C.Cc1cc(-c2ccccc2)c2cc(C)[cH-]c2c1.[Cl][Zr+2][Cl]. The van der Waals surface area contributed by atoms with Gasteiger partial charge in [-0.2, -0.15) is 12.1 Å². The minimum absolute atomic E-state index is 0.204. The van der Waals surface area contributed by atoms with Crippen LogP contribution in [0, 0.1) is 13.8 Å². The van der Waals surface area contributed by atoms with E-state index < -0.39 is 20.8 Å². The minimum atomic E-state index is -0.826. The molecule has 45 heavy (non-hydrogen) atoms. The van der Waals surface area contributed by atoms with Crippen molar-refractivity contribution in [2.45, 2.75) is 72.9 Å². The van der Waals surface area contributed by atoms with Crippen LogP contribution in [-0.2, 0) is 26.3 Å². The molecule has 0 amide bonds. The molecule has 0 aliphatic heterocycles. The first-order valence-electron chi connectivity index (χ1n) is 15.5. The van der Waals surface area contributed by atoms with E-state index in [-0.39, 0.29) is 5.41 Å². The van der Waals surface area contributed by atoms with Crippen LogP contribution < -0.4 is 0 Å². The molecule has 6 aromatic rings. The summed E-state index contributed by atoms with van der Waals surface area (Å²) >= 11 is -0.826. The summed E-state index contributed by atoms with van der Waals surface area (Å²) in [6, 6.07) is 40.0. The Labute approximate surface area is 293 Å². The maximum absolute atomic E-state index is 4.93. The van der Waals surface area contributed by atoms with E-state index >= 15 is 0 Å². The van der Waals surface area contributed by atoms with Gasteiger partial charge in [0.25, 0.3) is 0 Å². The standard InChI is InChI=1S/C22H25.C17H15.C2H6Si.2ClH.Zr/c1-15(2)18-13-17-7-6-8-20(21(17)14-18)16-9-11-19(12-10-16)22(3,4)5;1-12-8-15-9-13(2)11-17(15)16(10-12)14-6-4-3-5-7-14;1-3-2;;;/h6-15H,1-5H3;3-11H,1-2H3;1-2H3;2*1H;/q2*-1;;;;+4/p-2. The van der Waals surface area contributed by atoms with E-state index in [2.05, 4.69) is 171 Å². The molecule has 0 saturated heterocycles. The van der Waals surface area contributed by atoms with Crippen molar-refractivity contribution in [3.63, 3.8) is 0 Å². The van der Waals surface area contributed by atoms with Crippen molar-refractivity contribution in [2.24, 2.45) is 0 Å². The summed E-state index contributed by atoms with van der Waals surface area (Å²) in [7, 11) is 11.0.